The Hall–Kier alpha value is -0.160. The highest BCUT2D eigenvalue weighted by atomic mass is 16.5. The lowest BCUT2D eigenvalue weighted by Crippen LogP contribution is -2.54. The van der Waals surface area contributed by atoms with E-state index in [9.17, 15) is 0 Å². The lowest BCUT2D eigenvalue weighted by molar-refractivity contribution is 0.0652. The van der Waals surface area contributed by atoms with E-state index in [1.54, 1.807) is 0 Å². The zero-order chi connectivity index (χ0) is 14.0. The third-order valence-electron chi connectivity index (χ3n) is 3.79. The second-order valence-corrected chi connectivity index (χ2v) is 5.61. The molecular formula is C15H32N2O2. The van der Waals surface area contributed by atoms with Crippen molar-refractivity contribution < 1.29 is 9.47 Å². The summed E-state index contributed by atoms with van der Waals surface area (Å²) in [4.78, 5) is 2.48. The van der Waals surface area contributed by atoms with Crippen molar-refractivity contribution >= 4 is 0 Å². The third kappa shape index (κ3) is 7.25. The summed E-state index contributed by atoms with van der Waals surface area (Å²) < 4.78 is 11.0. The lowest BCUT2D eigenvalue weighted by atomic mass is 9.90. The second kappa shape index (κ2) is 9.70. The summed E-state index contributed by atoms with van der Waals surface area (Å²) in [6.45, 7) is 13.9. The lowest BCUT2D eigenvalue weighted by Gasteiger charge is -2.39. The molecule has 1 saturated heterocycles. The van der Waals surface area contributed by atoms with Crippen molar-refractivity contribution in [2.75, 3.05) is 52.6 Å². The zero-order valence-corrected chi connectivity index (χ0v) is 13.0. The first-order chi connectivity index (χ1) is 9.20. The molecular weight excluding hydrogens is 240 g/mol. The molecule has 0 aromatic carbocycles. The summed E-state index contributed by atoms with van der Waals surface area (Å²) in [5, 5.41) is 3.68. The van der Waals surface area contributed by atoms with Crippen LogP contribution in [0.3, 0.4) is 0 Å². The average molecular weight is 272 g/mol. The molecule has 0 saturated carbocycles. The van der Waals surface area contributed by atoms with Crippen molar-refractivity contribution in [3.05, 3.63) is 0 Å². The number of hydrogen-bond donors (Lipinski definition) is 1. The van der Waals surface area contributed by atoms with Crippen LogP contribution in [0.5, 0.6) is 0 Å². The summed E-state index contributed by atoms with van der Waals surface area (Å²) >= 11 is 0. The van der Waals surface area contributed by atoms with Crippen LogP contribution in [-0.2, 0) is 9.47 Å². The van der Waals surface area contributed by atoms with E-state index in [1.165, 1.54) is 19.3 Å². The SMILES string of the molecule is CCOCCN(CCOCC)CC1(C)CCCCN1. The van der Waals surface area contributed by atoms with Crippen LogP contribution in [-0.4, -0.2) is 63.0 Å². The molecule has 1 rings (SSSR count). The fourth-order valence-corrected chi connectivity index (χ4v) is 2.69. The van der Waals surface area contributed by atoms with Gasteiger partial charge in [-0.25, -0.2) is 0 Å². The van der Waals surface area contributed by atoms with E-state index in [1.807, 2.05) is 0 Å². The molecule has 4 heteroatoms. The van der Waals surface area contributed by atoms with Crippen molar-refractivity contribution in [1.29, 1.82) is 0 Å². The summed E-state index contributed by atoms with van der Waals surface area (Å²) in [6, 6.07) is 0. The van der Waals surface area contributed by atoms with E-state index in [4.69, 9.17) is 9.47 Å². The van der Waals surface area contributed by atoms with Crippen molar-refractivity contribution in [2.45, 2.75) is 45.6 Å². The van der Waals surface area contributed by atoms with Gasteiger partial charge in [0.15, 0.2) is 0 Å². The first-order valence-electron chi connectivity index (χ1n) is 7.83. The Morgan fingerprint density at radius 3 is 2.16 bits per heavy atom. The van der Waals surface area contributed by atoms with Gasteiger partial charge in [0.1, 0.15) is 0 Å². The standard InChI is InChI=1S/C15H32N2O2/c1-4-18-12-10-17(11-13-19-5-2)14-15(3)8-6-7-9-16-15/h16H,4-14H2,1-3H3. The molecule has 1 fully saturated rings. The molecule has 0 aromatic rings. The van der Waals surface area contributed by atoms with Gasteiger partial charge in [0.2, 0.25) is 0 Å². The van der Waals surface area contributed by atoms with E-state index in [2.05, 4.69) is 31.0 Å². The van der Waals surface area contributed by atoms with Crippen molar-refractivity contribution in [2.24, 2.45) is 0 Å². The van der Waals surface area contributed by atoms with Crippen LogP contribution >= 0.6 is 0 Å². The van der Waals surface area contributed by atoms with Crippen LogP contribution in [0.15, 0.2) is 0 Å². The Bertz CT molecular complexity index is 208. The van der Waals surface area contributed by atoms with E-state index in [-0.39, 0.29) is 5.54 Å². The normalized spacial score (nSPS) is 24.0. The quantitative estimate of drug-likeness (QED) is 0.616. The molecule has 1 atom stereocenters. The minimum atomic E-state index is 0.261. The number of ether oxygens (including phenoxy) is 2. The highest BCUT2D eigenvalue weighted by molar-refractivity contribution is 4.89. The maximum absolute atomic E-state index is 5.49. The summed E-state index contributed by atoms with van der Waals surface area (Å²) in [5.41, 5.74) is 0.261. The number of nitrogens with zero attached hydrogens (tertiary/aromatic N) is 1. The highest BCUT2D eigenvalue weighted by Crippen LogP contribution is 2.19. The first kappa shape index (κ1) is 16.9. The number of nitrogens with one attached hydrogen (secondary N) is 1. The van der Waals surface area contributed by atoms with E-state index in [0.29, 0.717) is 0 Å². The largest absolute Gasteiger partial charge is 0.380 e. The van der Waals surface area contributed by atoms with Gasteiger partial charge in [0, 0.05) is 38.4 Å². The molecule has 0 amide bonds. The molecule has 1 aliphatic heterocycles. The summed E-state index contributed by atoms with van der Waals surface area (Å²) in [5.74, 6) is 0. The highest BCUT2D eigenvalue weighted by Gasteiger charge is 2.28. The second-order valence-electron chi connectivity index (χ2n) is 5.61. The Morgan fingerprint density at radius 1 is 1.05 bits per heavy atom. The molecule has 0 bridgehead atoms. The van der Waals surface area contributed by atoms with Crippen LogP contribution < -0.4 is 5.32 Å². The molecule has 1 N–H and O–H groups in total. The van der Waals surface area contributed by atoms with Gasteiger partial charge >= 0.3 is 0 Å². The molecule has 0 spiro atoms. The topological polar surface area (TPSA) is 33.7 Å². The Balaban J connectivity index is 2.36. The minimum absolute atomic E-state index is 0.261. The molecule has 0 aliphatic carbocycles. The van der Waals surface area contributed by atoms with Crippen LogP contribution in [0.2, 0.25) is 0 Å². The summed E-state index contributed by atoms with van der Waals surface area (Å²) in [6.07, 6.45) is 3.93. The average Bonchev–Trinajstić information content (AvgIpc) is 2.39. The first-order valence-corrected chi connectivity index (χ1v) is 7.83. The number of rotatable bonds is 10. The van der Waals surface area contributed by atoms with Crippen molar-refractivity contribution in [3.8, 4) is 0 Å². The molecule has 114 valence electrons. The van der Waals surface area contributed by atoms with Gasteiger partial charge in [0.05, 0.1) is 13.2 Å². The molecule has 4 nitrogen and oxygen atoms in total. The van der Waals surface area contributed by atoms with Crippen molar-refractivity contribution in [1.82, 2.24) is 10.2 Å². The smallest absolute Gasteiger partial charge is 0.0593 e. The number of piperidine rings is 1. The van der Waals surface area contributed by atoms with Gasteiger partial charge < -0.3 is 14.8 Å². The van der Waals surface area contributed by atoms with Gasteiger partial charge in [-0.15, -0.1) is 0 Å². The van der Waals surface area contributed by atoms with Crippen LogP contribution in [0, 0.1) is 0 Å². The predicted octanol–water partition coefficient (Wildman–Crippen LogP) is 1.89. The maximum Gasteiger partial charge on any atom is 0.0593 e. The molecule has 0 aromatic heterocycles. The molecule has 1 unspecified atom stereocenters. The van der Waals surface area contributed by atoms with E-state index >= 15 is 0 Å². The Labute approximate surface area is 118 Å². The van der Waals surface area contributed by atoms with E-state index < -0.39 is 0 Å². The Morgan fingerprint density at radius 2 is 1.68 bits per heavy atom. The van der Waals surface area contributed by atoms with Gasteiger partial charge in [-0.05, 0) is 40.2 Å². The molecule has 1 aliphatic rings. The number of hydrogen-bond acceptors (Lipinski definition) is 4. The van der Waals surface area contributed by atoms with Crippen LogP contribution in [0.25, 0.3) is 0 Å². The van der Waals surface area contributed by atoms with Gasteiger partial charge in [-0.2, -0.15) is 0 Å². The van der Waals surface area contributed by atoms with Gasteiger partial charge in [-0.1, -0.05) is 6.42 Å². The Kier molecular flexibility index (Phi) is 8.62. The fraction of sp³-hybridized carbons (Fsp3) is 1.00. The van der Waals surface area contributed by atoms with Crippen LogP contribution in [0.1, 0.15) is 40.0 Å². The monoisotopic (exact) mass is 272 g/mol. The van der Waals surface area contributed by atoms with Crippen molar-refractivity contribution in [3.63, 3.8) is 0 Å². The predicted molar refractivity (Wildman–Crippen MR) is 79.7 cm³/mol. The molecule has 19 heavy (non-hydrogen) atoms. The maximum atomic E-state index is 5.49. The van der Waals surface area contributed by atoms with Gasteiger partial charge in [0.25, 0.3) is 0 Å². The van der Waals surface area contributed by atoms with Crippen LogP contribution in [0.4, 0.5) is 0 Å². The zero-order valence-electron chi connectivity index (χ0n) is 13.0. The van der Waals surface area contributed by atoms with E-state index in [0.717, 1.165) is 52.6 Å². The summed E-state index contributed by atoms with van der Waals surface area (Å²) in [7, 11) is 0. The van der Waals surface area contributed by atoms with Gasteiger partial charge in [-0.3, -0.25) is 4.90 Å². The third-order valence-corrected chi connectivity index (χ3v) is 3.79. The molecule has 0 radical (unpaired) electrons. The fourth-order valence-electron chi connectivity index (χ4n) is 2.69. The minimum Gasteiger partial charge on any atom is -0.380 e. The molecule has 1 heterocycles.